The van der Waals surface area contributed by atoms with Crippen molar-refractivity contribution in [3.63, 3.8) is 0 Å². The SMILES string of the molecule is CCn1cc(Cl)c(C(=O)Nc2c(C(N)=O)sc3nc(C(F)(F)F)cc(-c4ccc(C)cc4)c23)n1. The van der Waals surface area contributed by atoms with E-state index in [9.17, 15) is 22.8 Å². The van der Waals surface area contributed by atoms with E-state index in [2.05, 4.69) is 15.4 Å². The Labute approximate surface area is 200 Å². The van der Waals surface area contributed by atoms with E-state index in [4.69, 9.17) is 17.3 Å². The largest absolute Gasteiger partial charge is 0.433 e. The number of nitrogens with two attached hydrogens (primary N) is 1. The van der Waals surface area contributed by atoms with Gasteiger partial charge in [0, 0.05) is 18.1 Å². The van der Waals surface area contributed by atoms with Crippen LogP contribution in [0.25, 0.3) is 21.3 Å². The van der Waals surface area contributed by atoms with Gasteiger partial charge in [-0.2, -0.15) is 18.3 Å². The molecular formula is C22H17ClF3N5O2S. The predicted octanol–water partition coefficient (Wildman–Crippen LogP) is 5.51. The van der Waals surface area contributed by atoms with Gasteiger partial charge in [0.25, 0.3) is 11.8 Å². The van der Waals surface area contributed by atoms with Gasteiger partial charge >= 0.3 is 6.18 Å². The highest BCUT2D eigenvalue weighted by atomic mass is 35.5. The smallest absolute Gasteiger partial charge is 0.365 e. The number of thiophene rings is 1. The maximum absolute atomic E-state index is 13.6. The monoisotopic (exact) mass is 507 g/mol. The molecule has 0 unspecified atom stereocenters. The number of hydrogen-bond acceptors (Lipinski definition) is 5. The zero-order chi connectivity index (χ0) is 24.8. The summed E-state index contributed by atoms with van der Waals surface area (Å²) in [5, 5.41) is 6.92. The van der Waals surface area contributed by atoms with Crippen molar-refractivity contribution in [1.82, 2.24) is 14.8 Å². The molecule has 0 radical (unpaired) electrons. The highest BCUT2D eigenvalue weighted by molar-refractivity contribution is 7.21. The van der Waals surface area contributed by atoms with Crippen LogP contribution in [0.1, 0.15) is 38.3 Å². The Morgan fingerprint density at radius 3 is 2.47 bits per heavy atom. The third-order valence-corrected chi connectivity index (χ3v) is 6.41. The zero-order valence-electron chi connectivity index (χ0n) is 17.8. The van der Waals surface area contributed by atoms with Crippen molar-refractivity contribution >= 4 is 50.7 Å². The fourth-order valence-electron chi connectivity index (χ4n) is 3.38. The molecule has 0 aliphatic rings. The minimum absolute atomic E-state index is 0.0450. The van der Waals surface area contributed by atoms with Crippen LogP contribution in [-0.4, -0.2) is 26.6 Å². The third kappa shape index (κ3) is 4.36. The number of carbonyl (C=O) groups excluding carboxylic acids is 2. The highest BCUT2D eigenvalue weighted by Gasteiger charge is 2.35. The Hall–Kier alpha value is -3.44. The zero-order valence-corrected chi connectivity index (χ0v) is 19.4. The number of aromatic nitrogens is 3. The number of hydrogen-bond donors (Lipinski definition) is 2. The molecule has 0 saturated carbocycles. The molecule has 0 fully saturated rings. The number of nitrogens with one attached hydrogen (secondary N) is 1. The van der Waals surface area contributed by atoms with E-state index in [0.29, 0.717) is 23.4 Å². The first-order valence-corrected chi connectivity index (χ1v) is 11.1. The number of aryl methyl sites for hydroxylation is 2. The van der Waals surface area contributed by atoms with Gasteiger partial charge in [-0.3, -0.25) is 14.3 Å². The van der Waals surface area contributed by atoms with Crippen molar-refractivity contribution in [3.05, 3.63) is 63.4 Å². The molecule has 34 heavy (non-hydrogen) atoms. The molecule has 0 spiro atoms. The summed E-state index contributed by atoms with van der Waals surface area (Å²) in [6, 6.07) is 7.67. The van der Waals surface area contributed by atoms with E-state index in [-0.39, 0.29) is 37.1 Å². The fraction of sp³-hybridized carbons (Fsp3) is 0.182. The number of halogens is 4. The maximum atomic E-state index is 13.6. The van der Waals surface area contributed by atoms with Gasteiger partial charge in [-0.15, -0.1) is 11.3 Å². The van der Waals surface area contributed by atoms with Gasteiger partial charge in [0.05, 0.1) is 10.7 Å². The molecule has 4 rings (SSSR count). The lowest BCUT2D eigenvalue weighted by Gasteiger charge is -2.12. The number of primary amides is 1. The van der Waals surface area contributed by atoms with E-state index < -0.39 is 23.7 Å². The van der Waals surface area contributed by atoms with Crippen molar-refractivity contribution in [2.75, 3.05) is 5.32 Å². The van der Waals surface area contributed by atoms with Crippen LogP contribution < -0.4 is 11.1 Å². The van der Waals surface area contributed by atoms with Crippen molar-refractivity contribution in [3.8, 4) is 11.1 Å². The Kier molecular flexibility index (Phi) is 6.09. The first-order valence-electron chi connectivity index (χ1n) is 9.95. The summed E-state index contributed by atoms with van der Waals surface area (Å²) >= 11 is 6.79. The first-order chi connectivity index (χ1) is 16.0. The lowest BCUT2D eigenvalue weighted by Crippen LogP contribution is -2.18. The standard InChI is InChI=1S/C22H17ClF3N5O2S/c1-3-31-9-13(23)16(30-31)20(33)29-17-15-12(11-6-4-10(2)5-7-11)8-14(22(24,25)26)28-21(15)34-18(17)19(27)32/h4-9H,3H2,1-2H3,(H2,27,32)(H,29,33). The molecule has 176 valence electrons. The summed E-state index contributed by atoms with van der Waals surface area (Å²) in [4.78, 5) is 28.6. The molecule has 2 amide bonds. The lowest BCUT2D eigenvalue weighted by atomic mass is 10.00. The van der Waals surface area contributed by atoms with Crippen LogP contribution in [0.4, 0.5) is 18.9 Å². The Balaban J connectivity index is 1.97. The molecule has 0 aliphatic heterocycles. The van der Waals surface area contributed by atoms with Gasteiger partial charge in [-0.25, -0.2) is 4.98 Å². The number of pyridine rings is 1. The fourth-order valence-corrected chi connectivity index (χ4v) is 4.63. The molecule has 0 aliphatic carbocycles. The van der Waals surface area contributed by atoms with Crippen LogP contribution in [0.5, 0.6) is 0 Å². The average molecular weight is 508 g/mol. The van der Waals surface area contributed by atoms with Gasteiger partial charge in [0.1, 0.15) is 15.4 Å². The van der Waals surface area contributed by atoms with Gasteiger partial charge in [-0.05, 0) is 31.0 Å². The number of nitrogens with zero attached hydrogens (tertiary/aromatic N) is 3. The average Bonchev–Trinajstić information content (AvgIpc) is 3.33. The molecule has 0 atom stereocenters. The summed E-state index contributed by atoms with van der Waals surface area (Å²) in [6.07, 6.45) is -3.26. The summed E-state index contributed by atoms with van der Waals surface area (Å²) < 4.78 is 42.3. The quantitative estimate of drug-likeness (QED) is 0.371. The molecule has 4 aromatic rings. The maximum Gasteiger partial charge on any atom is 0.433 e. The molecule has 3 heterocycles. The third-order valence-electron chi connectivity index (χ3n) is 5.03. The first kappa shape index (κ1) is 23.7. The summed E-state index contributed by atoms with van der Waals surface area (Å²) in [5.74, 6) is -1.67. The van der Waals surface area contributed by atoms with Crippen molar-refractivity contribution in [1.29, 1.82) is 0 Å². The highest BCUT2D eigenvalue weighted by Crippen LogP contribution is 2.43. The van der Waals surface area contributed by atoms with Crippen LogP contribution in [0.3, 0.4) is 0 Å². The molecule has 3 N–H and O–H groups in total. The van der Waals surface area contributed by atoms with E-state index in [0.717, 1.165) is 11.6 Å². The second-order valence-electron chi connectivity index (χ2n) is 7.40. The summed E-state index contributed by atoms with van der Waals surface area (Å²) in [6.45, 7) is 4.11. The van der Waals surface area contributed by atoms with Crippen LogP contribution >= 0.6 is 22.9 Å². The molecule has 0 bridgehead atoms. The van der Waals surface area contributed by atoms with Gasteiger partial charge < -0.3 is 11.1 Å². The molecule has 12 heteroatoms. The van der Waals surface area contributed by atoms with Crippen LogP contribution in [0.2, 0.25) is 5.02 Å². The van der Waals surface area contributed by atoms with E-state index in [1.165, 1.54) is 10.9 Å². The molecular weight excluding hydrogens is 491 g/mol. The number of fused-ring (bicyclic) bond motifs is 1. The predicted molar refractivity (Wildman–Crippen MR) is 124 cm³/mol. The topological polar surface area (TPSA) is 103 Å². The second-order valence-corrected chi connectivity index (χ2v) is 8.81. The van der Waals surface area contributed by atoms with E-state index >= 15 is 0 Å². The molecule has 3 aromatic heterocycles. The number of benzene rings is 1. The van der Waals surface area contributed by atoms with E-state index in [1.807, 2.05) is 6.92 Å². The number of amides is 2. The summed E-state index contributed by atoms with van der Waals surface area (Å²) in [7, 11) is 0. The van der Waals surface area contributed by atoms with Crippen molar-refractivity contribution < 1.29 is 22.8 Å². The van der Waals surface area contributed by atoms with Crippen LogP contribution in [0.15, 0.2) is 36.5 Å². The number of alkyl halides is 3. The Bertz CT molecular complexity index is 1430. The second kappa shape index (κ2) is 8.73. The number of rotatable bonds is 5. The van der Waals surface area contributed by atoms with Gasteiger partial charge in [0.2, 0.25) is 0 Å². The minimum Gasteiger partial charge on any atom is -0.365 e. The van der Waals surface area contributed by atoms with Gasteiger partial charge in [0.15, 0.2) is 5.69 Å². The Morgan fingerprint density at radius 2 is 1.91 bits per heavy atom. The van der Waals surface area contributed by atoms with Crippen LogP contribution in [-0.2, 0) is 12.7 Å². The molecule has 7 nitrogen and oxygen atoms in total. The molecule has 1 aromatic carbocycles. The Morgan fingerprint density at radius 1 is 1.24 bits per heavy atom. The normalized spacial score (nSPS) is 11.7. The van der Waals surface area contributed by atoms with Crippen molar-refractivity contribution in [2.45, 2.75) is 26.6 Å². The lowest BCUT2D eigenvalue weighted by molar-refractivity contribution is -0.140. The minimum atomic E-state index is -4.73. The number of anilines is 1. The van der Waals surface area contributed by atoms with Crippen LogP contribution in [0, 0.1) is 6.92 Å². The number of carbonyl (C=O) groups is 2. The summed E-state index contributed by atoms with van der Waals surface area (Å²) in [5.41, 5.74) is 5.72. The van der Waals surface area contributed by atoms with Gasteiger partial charge in [-0.1, -0.05) is 41.4 Å². The molecule has 0 saturated heterocycles. The van der Waals surface area contributed by atoms with E-state index in [1.54, 1.807) is 31.2 Å². The van der Waals surface area contributed by atoms with Crippen molar-refractivity contribution in [2.24, 2.45) is 5.73 Å².